The average molecular weight is 165 g/mol. The molecule has 1 aromatic rings. The molecule has 0 aromatic heterocycles. The third-order valence-electron chi connectivity index (χ3n) is 2.15. The first-order valence-electron chi connectivity index (χ1n) is 4.12. The minimum absolute atomic E-state index is 0.337. The van der Waals surface area contributed by atoms with E-state index in [1.54, 1.807) is 6.07 Å². The quantitative estimate of drug-likeness (QED) is 0.702. The molecule has 1 atom stereocenters. The monoisotopic (exact) mass is 165 g/mol. The maximum absolute atomic E-state index is 9.28. The van der Waals surface area contributed by atoms with Gasteiger partial charge in [0.15, 0.2) is 0 Å². The molecule has 0 saturated carbocycles. The Bertz CT molecular complexity index is 271. The first kappa shape index (κ1) is 9.07. The molecule has 2 heteroatoms. The Morgan fingerprint density at radius 1 is 1.42 bits per heavy atom. The summed E-state index contributed by atoms with van der Waals surface area (Å²) in [5.74, 6) is 0.363. The fourth-order valence-electron chi connectivity index (χ4n) is 1.11. The van der Waals surface area contributed by atoms with E-state index < -0.39 is 0 Å². The molecule has 0 aliphatic rings. The van der Waals surface area contributed by atoms with Gasteiger partial charge in [0.2, 0.25) is 0 Å². The summed E-state index contributed by atoms with van der Waals surface area (Å²) in [5, 5.41) is 12.4. The van der Waals surface area contributed by atoms with Gasteiger partial charge in [0.05, 0.1) is 0 Å². The van der Waals surface area contributed by atoms with Crippen molar-refractivity contribution in [2.24, 2.45) is 0 Å². The lowest BCUT2D eigenvalue weighted by Gasteiger charge is -2.11. The summed E-state index contributed by atoms with van der Waals surface area (Å²) in [4.78, 5) is 0. The topological polar surface area (TPSA) is 32.3 Å². The molecular weight excluding hydrogens is 150 g/mol. The first-order chi connectivity index (χ1) is 5.65. The Morgan fingerprint density at radius 2 is 2.08 bits per heavy atom. The lowest BCUT2D eigenvalue weighted by molar-refractivity contribution is 0.470. The standard InChI is InChI=1S/C10H15NO/c1-7-6-9(8(2)11-3)4-5-10(7)12/h4-6,8,11-12H,1-3H3/t8-/m0/s1. The van der Waals surface area contributed by atoms with Crippen LogP contribution in [0.5, 0.6) is 5.75 Å². The van der Waals surface area contributed by atoms with E-state index >= 15 is 0 Å². The molecule has 0 saturated heterocycles. The zero-order valence-corrected chi connectivity index (χ0v) is 7.76. The van der Waals surface area contributed by atoms with Gasteiger partial charge in [-0.05, 0) is 38.1 Å². The molecule has 0 amide bonds. The van der Waals surface area contributed by atoms with E-state index in [0.29, 0.717) is 11.8 Å². The smallest absolute Gasteiger partial charge is 0.118 e. The Morgan fingerprint density at radius 3 is 2.58 bits per heavy atom. The summed E-state index contributed by atoms with van der Waals surface area (Å²) >= 11 is 0. The van der Waals surface area contributed by atoms with Crippen molar-refractivity contribution < 1.29 is 5.11 Å². The highest BCUT2D eigenvalue weighted by Gasteiger charge is 2.03. The molecule has 12 heavy (non-hydrogen) atoms. The third kappa shape index (κ3) is 1.77. The highest BCUT2D eigenvalue weighted by molar-refractivity contribution is 5.35. The van der Waals surface area contributed by atoms with Crippen LogP contribution in [0.3, 0.4) is 0 Å². The van der Waals surface area contributed by atoms with E-state index in [4.69, 9.17) is 0 Å². The molecule has 0 heterocycles. The predicted octanol–water partition coefficient (Wildman–Crippen LogP) is 1.98. The molecule has 0 aliphatic carbocycles. The van der Waals surface area contributed by atoms with Crippen LogP contribution in [0.4, 0.5) is 0 Å². The van der Waals surface area contributed by atoms with Crippen LogP contribution in [-0.2, 0) is 0 Å². The van der Waals surface area contributed by atoms with E-state index in [9.17, 15) is 5.11 Å². The van der Waals surface area contributed by atoms with Crippen LogP contribution in [-0.4, -0.2) is 12.2 Å². The minimum atomic E-state index is 0.337. The highest BCUT2D eigenvalue weighted by Crippen LogP contribution is 2.20. The second-order valence-corrected chi connectivity index (χ2v) is 3.06. The van der Waals surface area contributed by atoms with Crippen molar-refractivity contribution >= 4 is 0 Å². The number of rotatable bonds is 2. The van der Waals surface area contributed by atoms with Gasteiger partial charge in [0, 0.05) is 6.04 Å². The van der Waals surface area contributed by atoms with Crippen LogP contribution in [0.25, 0.3) is 0 Å². The van der Waals surface area contributed by atoms with Crippen LogP contribution in [0.1, 0.15) is 24.1 Å². The number of aryl methyl sites for hydroxylation is 1. The zero-order chi connectivity index (χ0) is 9.14. The second-order valence-electron chi connectivity index (χ2n) is 3.06. The summed E-state index contributed by atoms with van der Waals surface area (Å²) < 4.78 is 0. The number of hydrogen-bond donors (Lipinski definition) is 2. The molecule has 0 unspecified atom stereocenters. The normalized spacial score (nSPS) is 12.9. The lowest BCUT2D eigenvalue weighted by Crippen LogP contribution is -2.12. The number of nitrogens with one attached hydrogen (secondary N) is 1. The number of phenolic OH excluding ortho intramolecular Hbond substituents is 1. The van der Waals surface area contributed by atoms with Crippen molar-refractivity contribution in [3.05, 3.63) is 29.3 Å². The van der Waals surface area contributed by atoms with Crippen molar-refractivity contribution in [3.8, 4) is 5.75 Å². The van der Waals surface area contributed by atoms with Crippen molar-refractivity contribution in [2.45, 2.75) is 19.9 Å². The maximum Gasteiger partial charge on any atom is 0.118 e. The summed E-state index contributed by atoms with van der Waals surface area (Å²) in [6, 6.07) is 6.00. The van der Waals surface area contributed by atoms with Crippen molar-refractivity contribution in [1.29, 1.82) is 0 Å². The Labute approximate surface area is 73.2 Å². The fraction of sp³-hybridized carbons (Fsp3) is 0.400. The predicted molar refractivity (Wildman–Crippen MR) is 50.3 cm³/mol. The Kier molecular flexibility index (Phi) is 2.71. The van der Waals surface area contributed by atoms with Crippen LogP contribution in [0.2, 0.25) is 0 Å². The molecule has 0 fully saturated rings. The van der Waals surface area contributed by atoms with Gasteiger partial charge in [0.25, 0.3) is 0 Å². The summed E-state index contributed by atoms with van der Waals surface area (Å²) in [5.41, 5.74) is 2.13. The third-order valence-corrected chi connectivity index (χ3v) is 2.15. The van der Waals surface area contributed by atoms with Gasteiger partial charge >= 0.3 is 0 Å². The van der Waals surface area contributed by atoms with Gasteiger partial charge in [-0.1, -0.05) is 12.1 Å². The SMILES string of the molecule is CN[C@@H](C)c1ccc(O)c(C)c1. The highest BCUT2D eigenvalue weighted by atomic mass is 16.3. The number of hydrogen-bond acceptors (Lipinski definition) is 2. The molecular formula is C10H15NO. The van der Waals surface area contributed by atoms with Crippen LogP contribution < -0.4 is 5.32 Å². The summed E-state index contributed by atoms with van der Waals surface area (Å²) in [7, 11) is 1.92. The van der Waals surface area contributed by atoms with E-state index in [2.05, 4.69) is 12.2 Å². The van der Waals surface area contributed by atoms with E-state index in [1.807, 2.05) is 26.1 Å². The van der Waals surface area contributed by atoms with Crippen LogP contribution in [0.15, 0.2) is 18.2 Å². The number of aromatic hydroxyl groups is 1. The number of phenols is 1. The molecule has 1 aromatic carbocycles. The molecule has 0 aliphatic heterocycles. The Hall–Kier alpha value is -1.02. The van der Waals surface area contributed by atoms with Crippen LogP contribution >= 0.6 is 0 Å². The first-order valence-corrected chi connectivity index (χ1v) is 4.12. The van der Waals surface area contributed by atoms with Gasteiger partial charge in [-0.15, -0.1) is 0 Å². The van der Waals surface area contributed by atoms with Gasteiger partial charge in [-0.3, -0.25) is 0 Å². The molecule has 0 radical (unpaired) electrons. The van der Waals surface area contributed by atoms with Gasteiger partial charge in [-0.25, -0.2) is 0 Å². The fourth-order valence-corrected chi connectivity index (χ4v) is 1.11. The largest absolute Gasteiger partial charge is 0.508 e. The van der Waals surface area contributed by atoms with E-state index in [-0.39, 0.29) is 0 Å². The molecule has 2 nitrogen and oxygen atoms in total. The molecule has 0 spiro atoms. The second kappa shape index (κ2) is 3.59. The van der Waals surface area contributed by atoms with Gasteiger partial charge in [-0.2, -0.15) is 0 Å². The van der Waals surface area contributed by atoms with Crippen molar-refractivity contribution in [3.63, 3.8) is 0 Å². The lowest BCUT2D eigenvalue weighted by atomic mass is 10.1. The van der Waals surface area contributed by atoms with Crippen molar-refractivity contribution in [1.82, 2.24) is 5.32 Å². The minimum Gasteiger partial charge on any atom is -0.508 e. The number of benzene rings is 1. The molecule has 66 valence electrons. The van der Waals surface area contributed by atoms with E-state index in [0.717, 1.165) is 5.56 Å². The van der Waals surface area contributed by atoms with Crippen LogP contribution in [0, 0.1) is 6.92 Å². The molecule has 2 N–H and O–H groups in total. The zero-order valence-electron chi connectivity index (χ0n) is 7.76. The molecule has 0 bridgehead atoms. The summed E-state index contributed by atoms with van der Waals surface area (Å²) in [6.07, 6.45) is 0. The molecule has 1 rings (SSSR count). The van der Waals surface area contributed by atoms with Gasteiger partial charge in [0.1, 0.15) is 5.75 Å². The van der Waals surface area contributed by atoms with Gasteiger partial charge < -0.3 is 10.4 Å². The van der Waals surface area contributed by atoms with E-state index in [1.165, 1.54) is 5.56 Å². The average Bonchev–Trinajstić information content (AvgIpc) is 2.08. The summed E-state index contributed by atoms with van der Waals surface area (Å²) in [6.45, 7) is 3.99. The maximum atomic E-state index is 9.28. The van der Waals surface area contributed by atoms with Crippen molar-refractivity contribution in [2.75, 3.05) is 7.05 Å². The Balaban J connectivity index is 2.96.